The monoisotopic (exact) mass is 253 g/mol. The average Bonchev–Trinajstić information content (AvgIpc) is 2.71. The maximum atomic E-state index is 12.2. The molecule has 0 aromatic carbocycles. The van der Waals surface area contributed by atoms with Crippen LogP contribution in [0.1, 0.15) is 26.3 Å². The van der Waals surface area contributed by atoms with E-state index in [-0.39, 0.29) is 18.4 Å². The SMILES string of the molecule is CCOC(=O)C(CN)(Cc1cnn(C)c1)C(C)C. The van der Waals surface area contributed by atoms with E-state index in [1.807, 2.05) is 34.0 Å². The number of nitrogens with zero attached hydrogens (tertiary/aromatic N) is 2. The molecule has 0 spiro atoms. The highest BCUT2D eigenvalue weighted by Crippen LogP contribution is 2.32. The molecule has 1 aromatic rings. The van der Waals surface area contributed by atoms with Crippen LogP contribution in [-0.2, 0) is 23.0 Å². The minimum absolute atomic E-state index is 0.113. The first-order valence-corrected chi connectivity index (χ1v) is 6.31. The quantitative estimate of drug-likeness (QED) is 0.771. The minimum atomic E-state index is -0.668. The van der Waals surface area contributed by atoms with Crippen molar-refractivity contribution in [1.82, 2.24) is 9.78 Å². The van der Waals surface area contributed by atoms with Crippen LogP contribution in [0, 0.1) is 11.3 Å². The molecule has 102 valence electrons. The Bertz CT molecular complexity index is 401. The lowest BCUT2D eigenvalue weighted by Gasteiger charge is -2.33. The van der Waals surface area contributed by atoms with Gasteiger partial charge < -0.3 is 10.5 Å². The van der Waals surface area contributed by atoms with Crippen LogP contribution in [0.15, 0.2) is 12.4 Å². The number of esters is 1. The van der Waals surface area contributed by atoms with E-state index in [1.54, 1.807) is 10.9 Å². The number of hydrogen-bond acceptors (Lipinski definition) is 4. The zero-order valence-corrected chi connectivity index (χ0v) is 11.6. The zero-order chi connectivity index (χ0) is 13.8. The molecule has 1 atom stereocenters. The third-order valence-corrected chi connectivity index (χ3v) is 3.43. The van der Waals surface area contributed by atoms with E-state index in [0.29, 0.717) is 13.0 Å². The highest BCUT2D eigenvalue weighted by molar-refractivity contribution is 5.78. The van der Waals surface area contributed by atoms with Crippen LogP contribution >= 0.6 is 0 Å². The smallest absolute Gasteiger partial charge is 0.313 e. The summed E-state index contributed by atoms with van der Waals surface area (Å²) in [5, 5.41) is 4.12. The normalized spacial score (nSPS) is 14.6. The van der Waals surface area contributed by atoms with Crippen LogP contribution in [0.3, 0.4) is 0 Å². The molecule has 0 saturated carbocycles. The summed E-state index contributed by atoms with van der Waals surface area (Å²) in [5.41, 5.74) is 6.20. The summed E-state index contributed by atoms with van der Waals surface area (Å²) in [6.07, 6.45) is 4.24. The third-order valence-electron chi connectivity index (χ3n) is 3.43. The Morgan fingerprint density at radius 3 is 2.67 bits per heavy atom. The molecule has 0 radical (unpaired) electrons. The summed E-state index contributed by atoms with van der Waals surface area (Å²) in [4.78, 5) is 12.2. The molecule has 0 saturated heterocycles. The summed E-state index contributed by atoms with van der Waals surface area (Å²) in [6.45, 7) is 6.46. The zero-order valence-electron chi connectivity index (χ0n) is 11.6. The standard InChI is InChI=1S/C13H23N3O2/c1-5-18-12(17)13(9-14,10(2)3)6-11-7-15-16(4)8-11/h7-8,10H,5-6,9,14H2,1-4H3. The summed E-state index contributed by atoms with van der Waals surface area (Å²) in [7, 11) is 1.85. The predicted octanol–water partition coefficient (Wildman–Crippen LogP) is 1.13. The lowest BCUT2D eigenvalue weighted by molar-refractivity contribution is -0.157. The molecule has 1 aromatic heterocycles. The van der Waals surface area contributed by atoms with E-state index in [0.717, 1.165) is 5.56 Å². The van der Waals surface area contributed by atoms with Crippen LogP contribution in [0.25, 0.3) is 0 Å². The van der Waals surface area contributed by atoms with Crippen LogP contribution in [0.5, 0.6) is 0 Å². The number of carbonyl (C=O) groups excluding carboxylic acids is 1. The van der Waals surface area contributed by atoms with Gasteiger partial charge in [-0.05, 0) is 24.8 Å². The molecule has 0 fully saturated rings. The van der Waals surface area contributed by atoms with Gasteiger partial charge in [0.15, 0.2) is 0 Å². The van der Waals surface area contributed by atoms with Gasteiger partial charge >= 0.3 is 5.97 Å². The van der Waals surface area contributed by atoms with Crippen molar-refractivity contribution in [2.45, 2.75) is 27.2 Å². The van der Waals surface area contributed by atoms with E-state index in [9.17, 15) is 4.79 Å². The van der Waals surface area contributed by atoms with E-state index in [1.165, 1.54) is 0 Å². The van der Waals surface area contributed by atoms with Crippen molar-refractivity contribution >= 4 is 5.97 Å². The Balaban J connectivity index is 3.00. The Morgan fingerprint density at radius 2 is 2.28 bits per heavy atom. The van der Waals surface area contributed by atoms with E-state index in [2.05, 4.69) is 5.10 Å². The fourth-order valence-corrected chi connectivity index (χ4v) is 2.11. The Labute approximate surface area is 108 Å². The molecule has 5 heteroatoms. The number of nitrogens with two attached hydrogens (primary N) is 1. The number of carbonyl (C=O) groups is 1. The van der Waals surface area contributed by atoms with Gasteiger partial charge in [0, 0.05) is 19.8 Å². The first kappa shape index (κ1) is 14.7. The maximum Gasteiger partial charge on any atom is 0.313 e. The van der Waals surface area contributed by atoms with Gasteiger partial charge in [-0.1, -0.05) is 13.8 Å². The number of ether oxygens (including phenoxy) is 1. The highest BCUT2D eigenvalue weighted by atomic mass is 16.5. The first-order chi connectivity index (χ1) is 8.46. The van der Waals surface area contributed by atoms with Crippen molar-refractivity contribution in [3.8, 4) is 0 Å². The Kier molecular flexibility index (Phi) is 4.90. The molecular formula is C13H23N3O2. The van der Waals surface area contributed by atoms with Crippen molar-refractivity contribution in [2.75, 3.05) is 13.2 Å². The number of hydrogen-bond donors (Lipinski definition) is 1. The van der Waals surface area contributed by atoms with Crippen molar-refractivity contribution in [1.29, 1.82) is 0 Å². The van der Waals surface area contributed by atoms with Crippen LogP contribution in [0.4, 0.5) is 0 Å². The molecule has 2 N–H and O–H groups in total. The van der Waals surface area contributed by atoms with Gasteiger partial charge in [-0.2, -0.15) is 5.10 Å². The minimum Gasteiger partial charge on any atom is -0.466 e. The van der Waals surface area contributed by atoms with Gasteiger partial charge in [0.1, 0.15) is 0 Å². The molecule has 1 unspecified atom stereocenters. The molecule has 0 amide bonds. The Hall–Kier alpha value is -1.36. The second kappa shape index (κ2) is 6.00. The molecule has 1 rings (SSSR count). The molecule has 0 bridgehead atoms. The summed E-state index contributed by atoms with van der Waals surface area (Å²) >= 11 is 0. The van der Waals surface area contributed by atoms with Gasteiger partial charge in [-0.3, -0.25) is 9.48 Å². The van der Waals surface area contributed by atoms with Gasteiger partial charge in [-0.25, -0.2) is 0 Å². The van der Waals surface area contributed by atoms with Crippen LogP contribution in [-0.4, -0.2) is 28.9 Å². The topological polar surface area (TPSA) is 70.1 Å². The van der Waals surface area contributed by atoms with Gasteiger partial charge in [0.05, 0.1) is 18.2 Å². The summed E-state index contributed by atoms with van der Waals surface area (Å²) in [5.74, 6) is -0.104. The molecule has 0 aliphatic heterocycles. The van der Waals surface area contributed by atoms with Crippen LogP contribution < -0.4 is 5.73 Å². The van der Waals surface area contributed by atoms with E-state index in [4.69, 9.17) is 10.5 Å². The van der Waals surface area contributed by atoms with Crippen molar-refractivity contribution in [3.63, 3.8) is 0 Å². The maximum absolute atomic E-state index is 12.2. The number of rotatable bonds is 6. The van der Waals surface area contributed by atoms with Gasteiger partial charge in [0.25, 0.3) is 0 Å². The fourth-order valence-electron chi connectivity index (χ4n) is 2.11. The van der Waals surface area contributed by atoms with Crippen molar-refractivity contribution < 1.29 is 9.53 Å². The summed E-state index contributed by atoms with van der Waals surface area (Å²) in [6, 6.07) is 0. The highest BCUT2D eigenvalue weighted by Gasteiger charge is 2.42. The van der Waals surface area contributed by atoms with Crippen molar-refractivity contribution in [2.24, 2.45) is 24.1 Å². The molecule has 0 aliphatic carbocycles. The van der Waals surface area contributed by atoms with Crippen LogP contribution in [0.2, 0.25) is 0 Å². The van der Waals surface area contributed by atoms with Crippen molar-refractivity contribution in [3.05, 3.63) is 18.0 Å². The molecular weight excluding hydrogens is 230 g/mol. The first-order valence-electron chi connectivity index (χ1n) is 6.31. The average molecular weight is 253 g/mol. The number of aryl methyl sites for hydroxylation is 1. The second-order valence-corrected chi connectivity index (χ2v) is 4.93. The molecule has 1 heterocycles. The van der Waals surface area contributed by atoms with Gasteiger partial charge in [0.2, 0.25) is 0 Å². The summed E-state index contributed by atoms with van der Waals surface area (Å²) < 4.78 is 6.92. The second-order valence-electron chi connectivity index (χ2n) is 4.93. The molecule has 5 nitrogen and oxygen atoms in total. The Morgan fingerprint density at radius 1 is 1.61 bits per heavy atom. The predicted molar refractivity (Wildman–Crippen MR) is 69.9 cm³/mol. The molecule has 0 aliphatic rings. The fraction of sp³-hybridized carbons (Fsp3) is 0.692. The largest absolute Gasteiger partial charge is 0.466 e. The third kappa shape index (κ3) is 2.90. The van der Waals surface area contributed by atoms with E-state index >= 15 is 0 Å². The lowest BCUT2D eigenvalue weighted by atomic mass is 9.73. The number of aromatic nitrogens is 2. The lowest BCUT2D eigenvalue weighted by Crippen LogP contribution is -2.46. The van der Waals surface area contributed by atoms with E-state index < -0.39 is 5.41 Å². The molecule has 18 heavy (non-hydrogen) atoms. The van der Waals surface area contributed by atoms with Gasteiger partial charge in [-0.15, -0.1) is 0 Å².